The summed E-state index contributed by atoms with van der Waals surface area (Å²) in [5.74, 6) is 1.09. The van der Waals surface area contributed by atoms with Crippen molar-refractivity contribution in [3.63, 3.8) is 0 Å². The molecule has 0 saturated carbocycles. The molecule has 3 rings (SSSR count). The second kappa shape index (κ2) is 18.5. The molecule has 48 heavy (non-hydrogen) atoms. The van der Waals surface area contributed by atoms with Gasteiger partial charge < -0.3 is 38.6 Å². The molecule has 0 fully saturated rings. The first-order valence-electron chi connectivity index (χ1n) is 15.4. The number of aromatic nitrogens is 3. The Morgan fingerprint density at radius 1 is 0.667 bits per heavy atom. The number of aliphatic hydroxyl groups excluding tert-OH is 2. The molecule has 264 valence electrons. The number of rotatable bonds is 20. The van der Waals surface area contributed by atoms with Gasteiger partial charge >= 0.3 is 17.1 Å². The first-order chi connectivity index (χ1) is 23.1. The van der Waals surface area contributed by atoms with Crippen LogP contribution in [0.5, 0.6) is 11.5 Å². The van der Waals surface area contributed by atoms with E-state index in [1.807, 2.05) is 24.3 Å². The van der Waals surface area contributed by atoms with Crippen molar-refractivity contribution >= 4 is 0 Å². The summed E-state index contributed by atoms with van der Waals surface area (Å²) in [6.07, 6.45) is -0.686. The van der Waals surface area contributed by atoms with E-state index in [2.05, 4.69) is 6.58 Å². The highest BCUT2D eigenvalue weighted by molar-refractivity contribution is 5.70. The van der Waals surface area contributed by atoms with Crippen molar-refractivity contribution in [1.29, 1.82) is 0 Å². The van der Waals surface area contributed by atoms with Gasteiger partial charge in [-0.2, -0.15) is 0 Å². The summed E-state index contributed by atoms with van der Waals surface area (Å²) in [6.45, 7) is 5.00. The Bertz CT molecular complexity index is 1660. The highest BCUT2D eigenvalue weighted by Gasteiger charge is 2.22. The van der Waals surface area contributed by atoms with Crippen LogP contribution in [0.2, 0.25) is 0 Å². The van der Waals surface area contributed by atoms with Crippen LogP contribution in [0.15, 0.2) is 51.3 Å². The first kappa shape index (κ1) is 38.4. The zero-order valence-corrected chi connectivity index (χ0v) is 28.5. The van der Waals surface area contributed by atoms with Crippen LogP contribution in [-0.4, -0.2) is 78.3 Å². The maximum absolute atomic E-state index is 13.2. The number of hydrogen-bond acceptors (Lipinski definition) is 11. The molecule has 2 atom stereocenters. The van der Waals surface area contributed by atoms with Crippen molar-refractivity contribution in [3.8, 4) is 22.6 Å². The molecule has 0 radical (unpaired) electrons. The molecule has 0 saturated heterocycles. The fourth-order valence-electron chi connectivity index (χ4n) is 5.40. The van der Waals surface area contributed by atoms with Gasteiger partial charge in [0.1, 0.15) is 24.2 Å². The van der Waals surface area contributed by atoms with Gasteiger partial charge in [-0.1, -0.05) is 13.0 Å². The lowest BCUT2D eigenvalue weighted by atomic mass is 9.95. The number of allylic oxidation sites excluding steroid dienone is 1. The van der Waals surface area contributed by atoms with E-state index in [0.717, 1.165) is 36.0 Å². The molecule has 0 spiro atoms. The van der Waals surface area contributed by atoms with Crippen LogP contribution in [0.3, 0.4) is 0 Å². The number of nitrogens with zero attached hydrogens (tertiary/aromatic N) is 3. The monoisotopic (exact) mass is 673 g/mol. The first-order valence-corrected chi connectivity index (χ1v) is 15.4. The maximum atomic E-state index is 13.2. The average Bonchev–Trinajstić information content (AvgIpc) is 3.06. The van der Waals surface area contributed by atoms with Crippen LogP contribution >= 0.6 is 0 Å². The molecule has 1 aromatic heterocycles. The van der Waals surface area contributed by atoms with Crippen molar-refractivity contribution in [1.82, 2.24) is 13.7 Å². The molecule has 2 unspecified atom stereocenters. The highest BCUT2D eigenvalue weighted by atomic mass is 16.5. The normalized spacial score (nSPS) is 12.6. The van der Waals surface area contributed by atoms with Crippen molar-refractivity contribution in [3.05, 3.63) is 90.6 Å². The number of hydrogen-bond donors (Lipinski definition) is 2. The second-order valence-electron chi connectivity index (χ2n) is 11.2. The van der Waals surface area contributed by atoms with E-state index in [9.17, 15) is 24.6 Å². The standard InChI is InChI=1S/C34H47N3O11/c1-8-10-35-32(40)36(15-28(38)9-2)34(42)37(33(35)41)16-29(39)21-48-31-26(19-45-5)13-23(14-27(31)20-46-6)22-11-24(17-43-3)30(47-7)25(12-22)18-44-4/h8,11-14,28-29,38-39H,1,9-10,15-21H2,2-7H3. The van der Waals surface area contributed by atoms with Crippen molar-refractivity contribution < 1.29 is 38.6 Å². The van der Waals surface area contributed by atoms with E-state index >= 15 is 0 Å². The molecule has 0 aliphatic heterocycles. The van der Waals surface area contributed by atoms with Crippen LogP contribution < -0.4 is 26.5 Å². The summed E-state index contributed by atoms with van der Waals surface area (Å²) in [5.41, 5.74) is 2.00. The molecular weight excluding hydrogens is 626 g/mol. The molecule has 14 nitrogen and oxygen atoms in total. The fourth-order valence-corrected chi connectivity index (χ4v) is 5.40. The Balaban J connectivity index is 2.03. The second-order valence-corrected chi connectivity index (χ2v) is 11.2. The van der Waals surface area contributed by atoms with Crippen LogP contribution in [0.25, 0.3) is 11.1 Å². The van der Waals surface area contributed by atoms with Crippen LogP contribution in [0.4, 0.5) is 0 Å². The molecule has 2 aromatic carbocycles. The van der Waals surface area contributed by atoms with E-state index in [1.165, 1.54) is 6.08 Å². The third-order valence-electron chi connectivity index (χ3n) is 7.60. The molecule has 3 aromatic rings. The number of ether oxygens (including phenoxy) is 6. The summed E-state index contributed by atoms with van der Waals surface area (Å²) < 4.78 is 36.0. The lowest BCUT2D eigenvalue weighted by molar-refractivity contribution is 0.0838. The number of methoxy groups -OCH3 is 5. The number of benzene rings is 2. The van der Waals surface area contributed by atoms with E-state index in [0.29, 0.717) is 35.8 Å². The summed E-state index contributed by atoms with van der Waals surface area (Å²) in [4.78, 5) is 39.2. The van der Waals surface area contributed by atoms with Gasteiger partial charge in [-0.05, 0) is 41.8 Å². The molecule has 1 heterocycles. The minimum Gasteiger partial charge on any atom is -0.496 e. The third-order valence-corrected chi connectivity index (χ3v) is 7.60. The zero-order chi connectivity index (χ0) is 35.4. The van der Waals surface area contributed by atoms with Gasteiger partial charge in [0.05, 0.1) is 59.3 Å². The third kappa shape index (κ3) is 9.09. The maximum Gasteiger partial charge on any atom is 0.336 e. The summed E-state index contributed by atoms with van der Waals surface area (Å²) >= 11 is 0. The van der Waals surface area contributed by atoms with Gasteiger partial charge in [-0.3, -0.25) is 0 Å². The van der Waals surface area contributed by atoms with Crippen LogP contribution in [-0.2, 0) is 65.0 Å². The minimum absolute atomic E-state index is 0.159. The van der Waals surface area contributed by atoms with Gasteiger partial charge in [0.25, 0.3) is 0 Å². The van der Waals surface area contributed by atoms with Gasteiger partial charge in [-0.25, -0.2) is 28.1 Å². The SMILES string of the molecule is C=CCn1c(=O)n(CC(O)CC)c(=O)n(CC(O)COc2c(COC)cc(-c3cc(COC)c(OC)c(COC)c3)cc2COC)c1=O. The van der Waals surface area contributed by atoms with E-state index in [-0.39, 0.29) is 39.3 Å². The summed E-state index contributed by atoms with van der Waals surface area (Å²) in [6, 6.07) is 7.77. The fraction of sp³-hybridized carbons (Fsp3) is 0.500. The summed E-state index contributed by atoms with van der Waals surface area (Å²) in [5, 5.41) is 21.2. The van der Waals surface area contributed by atoms with Gasteiger partial charge in [0.2, 0.25) is 0 Å². The predicted molar refractivity (Wildman–Crippen MR) is 179 cm³/mol. The zero-order valence-electron chi connectivity index (χ0n) is 28.5. The highest BCUT2D eigenvalue weighted by Crippen LogP contribution is 2.36. The van der Waals surface area contributed by atoms with E-state index in [1.54, 1.807) is 42.5 Å². The van der Waals surface area contributed by atoms with Crippen LogP contribution in [0.1, 0.15) is 35.6 Å². The van der Waals surface area contributed by atoms with Crippen LogP contribution in [0, 0.1) is 0 Å². The Morgan fingerprint density at radius 2 is 1.06 bits per heavy atom. The largest absolute Gasteiger partial charge is 0.496 e. The van der Waals surface area contributed by atoms with Gasteiger partial charge in [-0.15, -0.1) is 6.58 Å². The number of aliphatic hydroxyl groups is 2. The molecule has 14 heteroatoms. The smallest absolute Gasteiger partial charge is 0.336 e. The molecular formula is C34H47N3O11. The van der Waals surface area contributed by atoms with Gasteiger partial charge in [0, 0.05) is 50.7 Å². The molecule has 0 aliphatic carbocycles. The molecule has 0 bridgehead atoms. The van der Waals surface area contributed by atoms with E-state index < -0.39 is 35.8 Å². The molecule has 0 aliphatic rings. The van der Waals surface area contributed by atoms with Crippen molar-refractivity contribution in [2.24, 2.45) is 0 Å². The molecule has 0 amide bonds. The molecule has 2 N–H and O–H groups in total. The van der Waals surface area contributed by atoms with Crippen molar-refractivity contribution in [2.45, 2.75) is 71.6 Å². The lowest BCUT2D eigenvalue weighted by Gasteiger charge is -2.21. The van der Waals surface area contributed by atoms with Crippen molar-refractivity contribution in [2.75, 3.05) is 42.2 Å². The summed E-state index contributed by atoms with van der Waals surface area (Å²) in [7, 11) is 7.91. The topological polar surface area (TPSA) is 162 Å². The quantitative estimate of drug-likeness (QED) is 0.168. The van der Waals surface area contributed by atoms with E-state index in [4.69, 9.17) is 28.4 Å². The minimum atomic E-state index is -1.34. The Labute approximate surface area is 279 Å². The predicted octanol–water partition coefficient (Wildman–Crippen LogP) is 1.83. The van der Waals surface area contributed by atoms with Gasteiger partial charge in [0.15, 0.2) is 0 Å². The average molecular weight is 674 g/mol. The Morgan fingerprint density at radius 3 is 1.44 bits per heavy atom. The Hall–Kier alpha value is -4.05. The lowest BCUT2D eigenvalue weighted by Crippen LogP contribution is -2.56. The Kier molecular flexibility index (Phi) is 14.8.